The molecule has 2 aromatic carbocycles. The number of hydrogen-bond donors (Lipinski definition) is 2. The summed E-state index contributed by atoms with van der Waals surface area (Å²) in [5.74, 6) is 1.90. The Kier molecular flexibility index (Phi) is 5.21. The van der Waals surface area contributed by atoms with Crippen LogP contribution in [0.3, 0.4) is 0 Å². The van der Waals surface area contributed by atoms with Crippen LogP contribution in [-0.2, 0) is 0 Å². The van der Waals surface area contributed by atoms with Gasteiger partial charge in [-0.3, -0.25) is 4.99 Å². The first kappa shape index (κ1) is 16.2. The van der Waals surface area contributed by atoms with E-state index in [9.17, 15) is 0 Å². The predicted molar refractivity (Wildman–Crippen MR) is 99.9 cm³/mol. The zero-order valence-electron chi connectivity index (χ0n) is 14.0. The molecule has 5 heteroatoms. The SMILES string of the molecule is COc1ccccc1N1CCC(CN=C(N)Nc2ccccc2)C1. The standard InChI is InChI=1S/C19H24N4O/c1-24-18-10-6-5-9-17(18)23-12-11-15(14-23)13-21-19(20)22-16-7-3-2-4-8-16/h2-10,15H,11-14H2,1H3,(H3,20,21,22). The first-order valence-corrected chi connectivity index (χ1v) is 8.26. The van der Waals surface area contributed by atoms with E-state index in [0.717, 1.165) is 43.2 Å². The van der Waals surface area contributed by atoms with Gasteiger partial charge >= 0.3 is 0 Å². The van der Waals surface area contributed by atoms with Crippen molar-refractivity contribution in [1.82, 2.24) is 0 Å². The number of nitrogens with one attached hydrogen (secondary N) is 1. The molecular weight excluding hydrogens is 300 g/mol. The van der Waals surface area contributed by atoms with E-state index in [1.54, 1.807) is 7.11 Å². The fraction of sp³-hybridized carbons (Fsp3) is 0.316. The van der Waals surface area contributed by atoms with E-state index in [2.05, 4.69) is 21.3 Å². The van der Waals surface area contributed by atoms with Crippen molar-refractivity contribution in [2.24, 2.45) is 16.6 Å². The molecule has 3 N–H and O–H groups in total. The fourth-order valence-electron chi connectivity index (χ4n) is 3.03. The highest BCUT2D eigenvalue weighted by Gasteiger charge is 2.24. The molecule has 0 saturated carbocycles. The molecule has 1 saturated heterocycles. The zero-order chi connectivity index (χ0) is 16.8. The number of methoxy groups -OCH3 is 1. The number of nitrogens with zero attached hydrogens (tertiary/aromatic N) is 2. The summed E-state index contributed by atoms with van der Waals surface area (Å²) in [5, 5.41) is 3.12. The van der Waals surface area contributed by atoms with E-state index in [0.29, 0.717) is 11.9 Å². The van der Waals surface area contributed by atoms with Crippen LogP contribution in [-0.4, -0.2) is 32.7 Å². The average molecular weight is 324 g/mol. The summed E-state index contributed by atoms with van der Waals surface area (Å²) in [4.78, 5) is 6.86. The normalized spacial score (nSPS) is 17.8. The minimum Gasteiger partial charge on any atom is -0.495 e. The molecule has 1 atom stereocenters. The molecule has 3 rings (SSSR count). The van der Waals surface area contributed by atoms with Crippen LogP contribution in [0.25, 0.3) is 0 Å². The molecule has 5 nitrogen and oxygen atoms in total. The van der Waals surface area contributed by atoms with E-state index >= 15 is 0 Å². The third kappa shape index (κ3) is 3.98. The second-order valence-corrected chi connectivity index (χ2v) is 5.99. The van der Waals surface area contributed by atoms with Crippen LogP contribution in [0.1, 0.15) is 6.42 Å². The quantitative estimate of drug-likeness (QED) is 0.656. The molecule has 2 aromatic rings. The van der Waals surface area contributed by atoms with E-state index in [1.165, 1.54) is 0 Å². The lowest BCUT2D eigenvalue weighted by Gasteiger charge is -2.21. The Morgan fingerprint density at radius 3 is 2.75 bits per heavy atom. The van der Waals surface area contributed by atoms with Gasteiger partial charge in [-0.25, -0.2) is 0 Å². The van der Waals surface area contributed by atoms with E-state index in [-0.39, 0.29) is 0 Å². The Hall–Kier alpha value is -2.69. The first-order chi connectivity index (χ1) is 11.8. The van der Waals surface area contributed by atoms with Gasteiger partial charge in [0, 0.05) is 25.3 Å². The van der Waals surface area contributed by atoms with E-state index < -0.39 is 0 Å². The number of guanidine groups is 1. The smallest absolute Gasteiger partial charge is 0.193 e. The fourth-order valence-corrected chi connectivity index (χ4v) is 3.03. The molecule has 0 amide bonds. The van der Waals surface area contributed by atoms with E-state index in [4.69, 9.17) is 10.5 Å². The molecular formula is C19H24N4O. The molecule has 0 bridgehead atoms. The number of hydrogen-bond acceptors (Lipinski definition) is 3. The molecule has 126 valence electrons. The third-order valence-electron chi connectivity index (χ3n) is 4.28. The lowest BCUT2D eigenvalue weighted by atomic mass is 10.1. The second-order valence-electron chi connectivity index (χ2n) is 5.99. The summed E-state index contributed by atoms with van der Waals surface area (Å²) in [6, 6.07) is 18.0. The Morgan fingerprint density at radius 1 is 1.21 bits per heavy atom. The summed E-state index contributed by atoms with van der Waals surface area (Å²) < 4.78 is 5.46. The van der Waals surface area contributed by atoms with Gasteiger partial charge in [0.15, 0.2) is 5.96 Å². The molecule has 1 fully saturated rings. The van der Waals surface area contributed by atoms with Gasteiger partial charge in [-0.2, -0.15) is 0 Å². The lowest BCUT2D eigenvalue weighted by molar-refractivity contribution is 0.414. The monoisotopic (exact) mass is 324 g/mol. The van der Waals surface area contributed by atoms with Crippen molar-refractivity contribution in [2.75, 3.05) is 37.0 Å². The van der Waals surface area contributed by atoms with Crippen molar-refractivity contribution < 1.29 is 4.74 Å². The molecule has 0 aliphatic carbocycles. The number of rotatable bonds is 5. The number of nitrogens with two attached hydrogens (primary N) is 1. The number of ether oxygens (including phenoxy) is 1. The van der Waals surface area contributed by atoms with Crippen molar-refractivity contribution in [2.45, 2.75) is 6.42 Å². The molecule has 1 aliphatic rings. The van der Waals surface area contributed by atoms with Crippen molar-refractivity contribution in [3.63, 3.8) is 0 Å². The van der Waals surface area contributed by atoms with Crippen molar-refractivity contribution in [3.8, 4) is 5.75 Å². The lowest BCUT2D eigenvalue weighted by Crippen LogP contribution is -2.25. The maximum Gasteiger partial charge on any atom is 0.193 e. The van der Waals surface area contributed by atoms with Gasteiger partial charge in [-0.15, -0.1) is 0 Å². The largest absolute Gasteiger partial charge is 0.495 e. The Balaban J connectivity index is 1.55. The first-order valence-electron chi connectivity index (χ1n) is 8.26. The highest BCUT2D eigenvalue weighted by Crippen LogP contribution is 2.31. The minimum absolute atomic E-state index is 0.469. The van der Waals surface area contributed by atoms with Crippen molar-refractivity contribution >= 4 is 17.3 Å². The van der Waals surface area contributed by atoms with Crippen LogP contribution in [0.2, 0.25) is 0 Å². The number of benzene rings is 2. The Bertz CT molecular complexity index is 687. The van der Waals surface area contributed by atoms with Gasteiger partial charge < -0.3 is 20.7 Å². The van der Waals surface area contributed by atoms with Gasteiger partial charge in [-0.05, 0) is 36.6 Å². The number of aliphatic imine (C=N–C) groups is 1. The number of anilines is 2. The minimum atomic E-state index is 0.469. The highest BCUT2D eigenvalue weighted by molar-refractivity contribution is 5.92. The van der Waals surface area contributed by atoms with Gasteiger partial charge in [0.05, 0.1) is 12.8 Å². The van der Waals surface area contributed by atoms with Crippen molar-refractivity contribution in [1.29, 1.82) is 0 Å². The number of para-hydroxylation sites is 3. The highest BCUT2D eigenvalue weighted by atomic mass is 16.5. The summed E-state index contributed by atoms with van der Waals surface area (Å²) in [6.45, 7) is 2.73. The summed E-state index contributed by atoms with van der Waals surface area (Å²) in [5.41, 5.74) is 8.09. The van der Waals surface area contributed by atoms with Crippen molar-refractivity contribution in [3.05, 3.63) is 54.6 Å². The average Bonchev–Trinajstić information content (AvgIpc) is 3.09. The van der Waals surface area contributed by atoms with Gasteiger partial charge in [0.1, 0.15) is 5.75 Å². The van der Waals surface area contributed by atoms with Crippen LogP contribution < -0.4 is 20.7 Å². The van der Waals surface area contributed by atoms with E-state index in [1.807, 2.05) is 48.5 Å². The maximum atomic E-state index is 5.98. The summed E-state index contributed by atoms with van der Waals surface area (Å²) >= 11 is 0. The third-order valence-corrected chi connectivity index (χ3v) is 4.28. The topological polar surface area (TPSA) is 62.9 Å². The molecule has 0 aromatic heterocycles. The van der Waals surface area contributed by atoms with Gasteiger partial charge in [0.2, 0.25) is 0 Å². The van der Waals surface area contributed by atoms with Crippen LogP contribution in [0.4, 0.5) is 11.4 Å². The molecule has 24 heavy (non-hydrogen) atoms. The second kappa shape index (κ2) is 7.73. The molecule has 1 heterocycles. The van der Waals surface area contributed by atoms with Gasteiger partial charge in [-0.1, -0.05) is 30.3 Å². The Labute approximate surface area is 143 Å². The van der Waals surface area contributed by atoms with Crippen LogP contribution in [0.15, 0.2) is 59.6 Å². The van der Waals surface area contributed by atoms with Crippen LogP contribution >= 0.6 is 0 Å². The summed E-state index contributed by atoms with van der Waals surface area (Å²) in [7, 11) is 1.71. The molecule has 0 radical (unpaired) electrons. The van der Waals surface area contributed by atoms with Crippen LogP contribution in [0.5, 0.6) is 5.75 Å². The summed E-state index contributed by atoms with van der Waals surface area (Å²) in [6.07, 6.45) is 1.11. The van der Waals surface area contributed by atoms with Gasteiger partial charge in [0.25, 0.3) is 0 Å². The Morgan fingerprint density at radius 2 is 1.96 bits per heavy atom. The predicted octanol–water partition coefficient (Wildman–Crippen LogP) is 2.95. The van der Waals surface area contributed by atoms with Crippen LogP contribution in [0, 0.1) is 5.92 Å². The molecule has 1 unspecified atom stereocenters. The maximum absolute atomic E-state index is 5.98. The zero-order valence-corrected chi connectivity index (χ0v) is 14.0. The molecule has 0 spiro atoms. The molecule has 1 aliphatic heterocycles.